The number of carbonyl (C=O) groups excluding carboxylic acids is 2. The lowest BCUT2D eigenvalue weighted by Crippen LogP contribution is -2.50. The molecule has 0 heterocycles. The Labute approximate surface area is 176 Å². The number of benzene rings is 2. The van der Waals surface area contributed by atoms with E-state index < -0.39 is 51.8 Å². The second-order valence-electron chi connectivity index (χ2n) is 6.37. The lowest BCUT2D eigenvalue weighted by molar-refractivity contribution is -0.393. The minimum atomic E-state index is -1.37. The second-order valence-corrected chi connectivity index (χ2v) is 6.37. The van der Waals surface area contributed by atoms with Crippen molar-refractivity contribution in [2.45, 2.75) is 18.5 Å². The zero-order valence-electron chi connectivity index (χ0n) is 16.4. The first-order valence-electron chi connectivity index (χ1n) is 8.99. The third-order valence-electron chi connectivity index (χ3n) is 4.30. The number of amides is 1. The van der Waals surface area contributed by atoms with Crippen molar-refractivity contribution in [2.75, 3.05) is 19.0 Å². The standard InChI is InChI=1S/C19H20N4O8/c1-31-19(26)15(9-12-5-3-2-4-6-12)21-18(25)16(11-24)20-14-8-7-13(22(27)28)10-17(14)23(29)30/h2-8,10,15-16,20,24H,9,11H2,1H3,(H,21,25)/t15-,16+/m1/s1. The molecule has 0 saturated heterocycles. The van der Waals surface area contributed by atoms with E-state index in [0.29, 0.717) is 0 Å². The number of nitrogens with one attached hydrogen (secondary N) is 2. The van der Waals surface area contributed by atoms with Gasteiger partial charge in [-0.1, -0.05) is 30.3 Å². The van der Waals surface area contributed by atoms with Gasteiger partial charge in [-0.2, -0.15) is 0 Å². The van der Waals surface area contributed by atoms with E-state index in [1.165, 1.54) is 0 Å². The first kappa shape index (κ1) is 23.2. The van der Waals surface area contributed by atoms with Gasteiger partial charge in [0, 0.05) is 12.5 Å². The third kappa shape index (κ3) is 6.21. The summed E-state index contributed by atoms with van der Waals surface area (Å²) >= 11 is 0. The number of rotatable bonds is 10. The predicted octanol–water partition coefficient (Wildman–Crippen LogP) is 1.18. The van der Waals surface area contributed by atoms with E-state index in [1.807, 2.05) is 0 Å². The zero-order valence-corrected chi connectivity index (χ0v) is 16.4. The molecule has 0 aliphatic carbocycles. The lowest BCUT2D eigenvalue weighted by Gasteiger charge is -2.21. The van der Waals surface area contributed by atoms with Crippen LogP contribution in [0.25, 0.3) is 0 Å². The van der Waals surface area contributed by atoms with Crippen LogP contribution in [-0.2, 0) is 20.7 Å². The second kappa shape index (κ2) is 10.6. The van der Waals surface area contributed by atoms with E-state index in [-0.39, 0.29) is 12.1 Å². The maximum Gasteiger partial charge on any atom is 0.328 e. The number of nitro benzene ring substituents is 2. The lowest BCUT2D eigenvalue weighted by atomic mass is 10.1. The molecule has 2 rings (SSSR count). The van der Waals surface area contributed by atoms with Crippen molar-refractivity contribution >= 4 is 28.9 Å². The highest BCUT2D eigenvalue weighted by Crippen LogP contribution is 2.29. The van der Waals surface area contributed by atoms with Crippen LogP contribution in [-0.4, -0.2) is 52.6 Å². The van der Waals surface area contributed by atoms with Crippen LogP contribution in [0, 0.1) is 20.2 Å². The molecular formula is C19H20N4O8. The number of carbonyl (C=O) groups is 2. The summed E-state index contributed by atoms with van der Waals surface area (Å²) in [5.41, 5.74) is -0.606. The summed E-state index contributed by atoms with van der Waals surface area (Å²) in [5.74, 6) is -1.53. The van der Waals surface area contributed by atoms with Crippen LogP contribution in [0.3, 0.4) is 0 Å². The summed E-state index contributed by atoms with van der Waals surface area (Å²) in [6, 6.07) is 9.20. The number of non-ortho nitro benzene ring substituents is 1. The molecule has 0 saturated carbocycles. The number of ether oxygens (including phenoxy) is 1. The van der Waals surface area contributed by atoms with Gasteiger partial charge in [0.1, 0.15) is 17.8 Å². The quantitative estimate of drug-likeness (QED) is 0.283. The molecule has 2 aromatic rings. The molecular weight excluding hydrogens is 412 g/mol. The van der Waals surface area contributed by atoms with Crippen molar-refractivity contribution in [2.24, 2.45) is 0 Å². The summed E-state index contributed by atoms with van der Waals surface area (Å²) in [7, 11) is 1.16. The fraction of sp³-hybridized carbons (Fsp3) is 0.263. The van der Waals surface area contributed by atoms with Crippen molar-refractivity contribution in [3.63, 3.8) is 0 Å². The average Bonchev–Trinajstić information content (AvgIpc) is 2.76. The average molecular weight is 432 g/mol. The van der Waals surface area contributed by atoms with E-state index in [0.717, 1.165) is 30.9 Å². The minimum Gasteiger partial charge on any atom is -0.467 e. The smallest absolute Gasteiger partial charge is 0.328 e. The highest BCUT2D eigenvalue weighted by molar-refractivity contribution is 5.90. The Balaban J connectivity index is 2.21. The number of nitrogens with zero attached hydrogens (tertiary/aromatic N) is 2. The first-order valence-corrected chi connectivity index (χ1v) is 8.99. The number of nitro groups is 2. The van der Waals surface area contributed by atoms with E-state index in [9.17, 15) is 34.9 Å². The van der Waals surface area contributed by atoms with Gasteiger partial charge in [-0.05, 0) is 11.6 Å². The van der Waals surface area contributed by atoms with E-state index >= 15 is 0 Å². The number of methoxy groups -OCH3 is 1. The molecule has 0 fully saturated rings. The maximum absolute atomic E-state index is 12.6. The van der Waals surface area contributed by atoms with Crippen LogP contribution >= 0.6 is 0 Å². The SMILES string of the molecule is COC(=O)[C@@H](Cc1ccccc1)NC(=O)[C@H](CO)Nc1ccc([N+](=O)[O-])cc1[N+](=O)[O-]. The Hall–Kier alpha value is -4.06. The van der Waals surface area contributed by atoms with Gasteiger partial charge in [-0.15, -0.1) is 0 Å². The number of hydrogen-bond donors (Lipinski definition) is 3. The Morgan fingerprint density at radius 3 is 2.29 bits per heavy atom. The summed E-state index contributed by atoms with van der Waals surface area (Å²) < 4.78 is 4.71. The van der Waals surface area contributed by atoms with Crippen molar-refractivity contribution in [1.82, 2.24) is 5.32 Å². The molecule has 0 aromatic heterocycles. The molecule has 31 heavy (non-hydrogen) atoms. The van der Waals surface area contributed by atoms with Crippen molar-refractivity contribution in [3.8, 4) is 0 Å². The molecule has 164 valence electrons. The van der Waals surface area contributed by atoms with Gasteiger partial charge in [0.15, 0.2) is 0 Å². The molecule has 12 nitrogen and oxygen atoms in total. The molecule has 0 spiro atoms. The summed E-state index contributed by atoms with van der Waals surface area (Å²) in [6.07, 6.45) is 0.120. The molecule has 0 aliphatic heterocycles. The maximum atomic E-state index is 12.6. The first-order chi connectivity index (χ1) is 14.8. The van der Waals surface area contributed by atoms with Crippen molar-refractivity contribution in [1.29, 1.82) is 0 Å². The molecule has 1 amide bonds. The molecule has 0 bridgehead atoms. The topological polar surface area (TPSA) is 174 Å². The Kier molecular flexibility index (Phi) is 7.97. The summed E-state index contributed by atoms with van der Waals surface area (Å²) in [5, 5.41) is 36.7. The normalized spacial score (nSPS) is 12.3. The van der Waals surface area contributed by atoms with Crippen LogP contribution in [0.5, 0.6) is 0 Å². The number of aliphatic hydroxyl groups is 1. The van der Waals surface area contributed by atoms with E-state index in [2.05, 4.69) is 10.6 Å². The zero-order chi connectivity index (χ0) is 23.0. The minimum absolute atomic E-state index is 0.120. The van der Waals surface area contributed by atoms with E-state index in [4.69, 9.17) is 4.74 Å². The molecule has 2 aromatic carbocycles. The van der Waals surface area contributed by atoms with Gasteiger partial charge in [-0.3, -0.25) is 25.0 Å². The van der Waals surface area contributed by atoms with Gasteiger partial charge >= 0.3 is 5.97 Å². The molecule has 3 N–H and O–H groups in total. The fourth-order valence-corrected chi connectivity index (χ4v) is 2.75. The van der Waals surface area contributed by atoms with Crippen LogP contribution in [0.15, 0.2) is 48.5 Å². The fourth-order valence-electron chi connectivity index (χ4n) is 2.75. The van der Waals surface area contributed by atoms with Crippen LogP contribution < -0.4 is 10.6 Å². The van der Waals surface area contributed by atoms with Crippen LogP contribution in [0.2, 0.25) is 0 Å². The van der Waals surface area contributed by atoms with Crippen molar-refractivity contribution in [3.05, 3.63) is 74.3 Å². The van der Waals surface area contributed by atoms with Gasteiger partial charge in [0.2, 0.25) is 5.91 Å². The van der Waals surface area contributed by atoms with Gasteiger partial charge in [0.05, 0.1) is 29.6 Å². The predicted molar refractivity (Wildman–Crippen MR) is 108 cm³/mol. The van der Waals surface area contributed by atoms with Crippen LogP contribution in [0.1, 0.15) is 5.56 Å². The third-order valence-corrected chi connectivity index (χ3v) is 4.30. The van der Waals surface area contributed by atoms with Gasteiger partial charge < -0.3 is 20.5 Å². The Morgan fingerprint density at radius 2 is 1.74 bits per heavy atom. The summed E-state index contributed by atoms with van der Waals surface area (Å²) in [4.78, 5) is 45.2. The monoisotopic (exact) mass is 432 g/mol. The van der Waals surface area contributed by atoms with Gasteiger partial charge in [0.25, 0.3) is 11.4 Å². The molecule has 0 radical (unpaired) electrons. The molecule has 0 unspecified atom stereocenters. The van der Waals surface area contributed by atoms with Crippen LogP contribution in [0.4, 0.5) is 17.1 Å². The largest absolute Gasteiger partial charge is 0.467 e. The Bertz CT molecular complexity index is 967. The molecule has 2 atom stereocenters. The van der Waals surface area contributed by atoms with E-state index in [1.54, 1.807) is 30.3 Å². The Morgan fingerprint density at radius 1 is 1.06 bits per heavy atom. The van der Waals surface area contributed by atoms with Gasteiger partial charge in [-0.25, -0.2) is 4.79 Å². The number of aliphatic hydroxyl groups excluding tert-OH is 1. The molecule has 0 aliphatic rings. The number of anilines is 1. The highest BCUT2D eigenvalue weighted by Gasteiger charge is 2.28. The highest BCUT2D eigenvalue weighted by atomic mass is 16.6. The number of hydrogen-bond acceptors (Lipinski definition) is 9. The summed E-state index contributed by atoms with van der Waals surface area (Å²) in [6.45, 7) is -0.765. The number of esters is 1. The molecule has 12 heteroatoms. The van der Waals surface area contributed by atoms with Crippen molar-refractivity contribution < 1.29 is 29.3 Å².